The Morgan fingerprint density at radius 2 is 1.59 bits per heavy atom. The van der Waals surface area contributed by atoms with Gasteiger partial charge in [-0.25, -0.2) is 0 Å². The number of hydrogen-bond acceptors (Lipinski definition) is 5. The van der Waals surface area contributed by atoms with Gasteiger partial charge in [0.2, 0.25) is 0 Å². The van der Waals surface area contributed by atoms with Gasteiger partial charge in [-0.3, -0.25) is 14.6 Å². The third kappa shape index (κ3) is 6.06. The molecule has 2 aliphatic rings. The molecule has 2 aliphatic heterocycles. The van der Waals surface area contributed by atoms with Crippen molar-refractivity contribution in [1.29, 1.82) is 0 Å². The third-order valence-electron chi connectivity index (χ3n) is 5.47. The molecule has 1 aromatic rings. The van der Waals surface area contributed by atoms with E-state index in [2.05, 4.69) is 21.3 Å². The molecule has 0 bridgehead atoms. The molecule has 3 rings (SSSR count). The van der Waals surface area contributed by atoms with E-state index in [0.717, 1.165) is 77.3 Å². The molecule has 0 atom stereocenters. The SMILES string of the molecule is O=C(c1ccccc1)N1CCC(=CNCCN2CCN(CCO)CC2)CC1. The van der Waals surface area contributed by atoms with Gasteiger partial charge in [0.05, 0.1) is 6.61 Å². The summed E-state index contributed by atoms with van der Waals surface area (Å²) >= 11 is 0. The number of carbonyl (C=O) groups excluding carboxylic acids is 1. The molecule has 6 heteroatoms. The molecular formula is C21H32N4O2. The van der Waals surface area contributed by atoms with Crippen LogP contribution in [0.3, 0.4) is 0 Å². The van der Waals surface area contributed by atoms with Crippen LogP contribution in [0.5, 0.6) is 0 Å². The topological polar surface area (TPSA) is 59.1 Å². The number of benzene rings is 1. The monoisotopic (exact) mass is 372 g/mol. The lowest BCUT2D eigenvalue weighted by Gasteiger charge is -2.34. The molecule has 6 nitrogen and oxygen atoms in total. The smallest absolute Gasteiger partial charge is 0.253 e. The molecule has 0 aliphatic carbocycles. The van der Waals surface area contributed by atoms with Crippen molar-refractivity contribution in [2.75, 3.05) is 65.5 Å². The number of rotatable bonds is 7. The summed E-state index contributed by atoms with van der Waals surface area (Å²) in [5, 5.41) is 12.4. The highest BCUT2D eigenvalue weighted by Gasteiger charge is 2.20. The van der Waals surface area contributed by atoms with Gasteiger partial charge in [0.25, 0.3) is 5.91 Å². The summed E-state index contributed by atoms with van der Waals surface area (Å²) < 4.78 is 0. The van der Waals surface area contributed by atoms with E-state index in [1.165, 1.54) is 5.57 Å². The number of likely N-dealkylation sites (tertiary alicyclic amines) is 1. The molecule has 0 spiro atoms. The quantitative estimate of drug-likeness (QED) is 0.700. The zero-order valence-corrected chi connectivity index (χ0v) is 16.1. The molecule has 0 unspecified atom stereocenters. The Hall–Kier alpha value is -1.89. The van der Waals surface area contributed by atoms with Crippen LogP contribution in [0.15, 0.2) is 42.1 Å². The van der Waals surface area contributed by atoms with Crippen molar-refractivity contribution in [3.8, 4) is 0 Å². The van der Waals surface area contributed by atoms with Crippen LogP contribution in [0.1, 0.15) is 23.2 Å². The highest BCUT2D eigenvalue weighted by atomic mass is 16.3. The summed E-state index contributed by atoms with van der Waals surface area (Å²) in [6.07, 6.45) is 4.06. The Morgan fingerprint density at radius 3 is 2.22 bits per heavy atom. The van der Waals surface area contributed by atoms with Crippen molar-refractivity contribution < 1.29 is 9.90 Å². The van der Waals surface area contributed by atoms with E-state index in [1.54, 1.807) is 0 Å². The van der Waals surface area contributed by atoms with E-state index in [9.17, 15) is 4.79 Å². The maximum Gasteiger partial charge on any atom is 0.253 e. The molecule has 1 aromatic carbocycles. The molecule has 1 amide bonds. The van der Waals surface area contributed by atoms with Crippen molar-refractivity contribution in [3.63, 3.8) is 0 Å². The predicted octanol–water partition coefficient (Wildman–Crippen LogP) is 1.01. The maximum absolute atomic E-state index is 12.5. The normalized spacial score (nSPS) is 19.1. The largest absolute Gasteiger partial charge is 0.395 e. The number of β-amino-alcohol motifs (C(OH)–C–C–N with tert-alkyl or cyclic N) is 1. The van der Waals surface area contributed by atoms with Crippen LogP contribution < -0.4 is 5.32 Å². The van der Waals surface area contributed by atoms with Gasteiger partial charge in [-0.15, -0.1) is 0 Å². The highest BCUT2D eigenvalue weighted by Crippen LogP contribution is 2.17. The summed E-state index contributed by atoms with van der Waals surface area (Å²) in [4.78, 5) is 19.2. The fourth-order valence-electron chi connectivity index (χ4n) is 3.72. The van der Waals surface area contributed by atoms with Crippen molar-refractivity contribution in [2.24, 2.45) is 0 Å². The maximum atomic E-state index is 12.5. The minimum Gasteiger partial charge on any atom is -0.395 e. The lowest BCUT2D eigenvalue weighted by Crippen LogP contribution is -2.48. The second kappa shape index (κ2) is 10.4. The molecule has 2 N–H and O–H groups in total. The minimum absolute atomic E-state index is 0.142. The first-order chi connectivity index (χ1) is 13.3. The third-order valence-corrected chi connectivity index (χ3v) is 5.47. The number of nitrogens with one attached hydrogen (secondary N) is 1. The second-order valence-electron chi connectivity index (χ2n) is 7.32. The Balaban J connectivity index is 1.32. The lowest BCUT2D eigenvalue weighted by atomic mass is 10.0. The van der Waals surface area contributed by atoms with Gasteiger partial charge < -0.3 is 15.3 Å². The van der Waals surface area contributed by atoms with Gasteiger partial charge in [-0.2, -0.15) is 0 Å². The van der Waals surface area contributed by atoms with Crippen LogP contribution in [0, 0.1) is 0 Å². The van der Waals surface area contributed by atoms with Gasteiger partial charge in [0.1, 0.15) is 0 Å². The van der Waals surface area contributed by atoms with Crippen molar-refractivity contribution >= 4 is 5.91 Å². The number of aliphatic hydroxyl groups is 1. The summed E-state index contributed by atoms with van der Waals surface area (Å²) in [7, 11) is 0. The molecule has 27 heavy (non-hydrogen) atoms. The number of piperidine rings is 1. The van der Waals surface area contributed by atoms with Gasteiger partial charge in [0.15, 0.2) is 0 Å². The van der Waals surface area contributed by atoms with Crippen molar-refractivity contribution in [3.05, 3.63) is 47.7 Å². The summed E-state index contributed by atoms with van der Waals surface area (Å²) in [6.45, 7) is 8.91. The second-order valence-corrected chi connectivity index (χ2v) is 7.32. The van der Waals surface area contributed by atoms with E-state index >= 15 is 0 Å². The first-order valence-corrected chi connectivity index (χ1v) is 10.1. The van der Waals surface area contributed by atoms with E-state index in [1.807, 2.05) is 35.2 Å². The number of carbonyl (C=O) groups is 1. The van der Waals surface area contributed by atoms with Gasteiger partial charge in [-0.1, -0.05) is 23.8 Å². The molecule has 0 saturated carbocycles. The zero-order valence-electron chi connectivity index (χ0n) is 16.1. The Labute approximate surface area is 162 Å². The summed E-state index contributed by atoms with van der Waals surface area (Å²) in [5.41, 5.74) is 2.18. The molecule has 0 aromatic heterocycles. The average Bonchev–Trinajstić information content (AvgIpc) is 2.73. The predicted molar refractivity (Wildman–Crippen MR) is 108 cm³/mol. The number of aliphatic hydroxyl groups excluding tert-OH is 1. The molecule has 2 heterocycles. The molecule has 2 fully saturated rings. The fraction of sp³-hybridized carbons (Fsp3) is 0.571. The summed E-state index contributed by atoms with van der Waals surface area (Å²) in [6, 6.07) is 9.55. The van der Waals surface area contributed by atoms with Gasteiger partial charge in [0, 0.05) is 64.5 Å². The lowest BCUT2D eigenvalue weighted by molar-refractivity contribution is 0.0743. The van der Waals surface area contributed by atoms with Crippen LogP contribution in [-0.2, 0) is 0 Å². The average molecular weight is 373 g/mol. The van der Waals surface area contributed by atoms with E-state index in [4.69, 9.17) is 5.11 Å². The number of piperazine rings is 1. The molecule has 2 saturated heterocycles. The van der Waals surface area contributed by atoms with Crippen LogP contribution in [0.4, 0.5) is 0 Å². The highest BCUT2D eigenvalue weighted by molar-refractivity contribution is 5.94. The molecular weight excluding hydrogens is 340 g/mol. The van der Waals surface area contributed by atoms with Gasteiger partial charge in [-0.05, 0) is 31.2 Å². The van der Waals surface area contributed by atoms with Crippen molar-refractivity contribution in [1.82, 2.24) is 20.0 Å². The van der Waals surface area contributed by atoms with E-state index < -0.39 is 0 Å². The van der Waals surface area contributed by atoms with Crippen LogP contribution in [0.2, 0.25) is 0 Å². The Bertz CT molecular complexity index is 602. The number of hydrogen-bond donors (Lipinski definition) is 2. The standard InChI is InChI=1S/C21H32N4O2/c26-17-16-24-14-12-23(13-15-24)11-8-22-18-19-6-9-25(10-7-19)21(27)20-4-2-1-3-5-20/h1-5,18,22,26H,6-17H2. The number of amides is 1. The van der Waals surface area contributed by atoms with Crippen LogP contribution >= 0.6 is 0 Å². The summed E-state index contributed by atoms with van der Waals surface area (Å²) in [5.74, 6) is 0.142. The zero-order chi connectivity index (χ0) is 18.9. The van der Waals surface area contributed by atoms with Crippen LogP contribution in [-0.4, -0.2) is 91.2 Å². The first-order valence-electron chi connectivity index (χ1n) is 10.1. The van der Waals surface area contributed by atoms with Crippen molar-refractivity contribution in [2.45, 2.75) is 12.8 Å². The first kappa shape index (κ1) is 19.9. The fourth-order valence-corrected chi connectivity index (χ4v) is 3.72. The number of nitrogens with zero attached hydrogens (tertiary/aromatic N) is 3. The Kier molecular flexibility index (Phi) is 7.68. The molecule has 148 valence electrons. The molecule has 0 radical (unpaired) electrons. The van der Waals surface area contributed by atoms with E-state index in [-0.39, 0.29) is 12.5 Å². The van der Waals surface area contributed by atoms with Gasteiger partial charge >= 0.3 is 0 Å². The van der Waals surface area contributed by atoms with Crippen LogP contribution in [0.25, 0.3) is 0 Å². The minimum atomic E-state index is 0.142. The Morgan fingerprint density at radius 1 is 0.963 bits per heavy atom. The van der Waals surface area contributed by atoms with E-state index in [0.29, 0.717) is 0 Å².